The molecule has 0 radical (unpaired) electrons. The van der Waals surface area contributed by atoms with Crippen molar-refractivity contribution >= 4 is 67.5 Å². The Bertz CT molecular complexity index is 5560. The SMILES string of the molecule is N#Cc1cccc(-c2cccc(-n3c4ccc(C(=O)OCc5ccccc5)cc4c4cc(C(=O)OCc5ccccc5)ccc43)c2-c2nc(-c3ccccc3)nc(-c3c(C#N)cccc3-n3c4ccc(C(=O)OCc5ccccc5)cc4c4cc(C(=O)OCc5ccccc5)ccc43)n2)c1. The highest BCUT2D eigenvalue weighted by Crippen LogP contribution is 2.44. The highest BCUT2D eigenvalue weighted by Gasteiger charge is 2.28. The minimum atomic E-state index is -0.559. The predicted molar refractivity (Wildman–Crippen MR) is 382 cm³/mol. The monoisotopic (exact) mass is 1300 g/mol. The fraction of sp³-hybridized carbons (Fsp3) is 0.0471. The van der Waals surface area contributed by atoms with Gasteiger partial charge in [-0.05, 0) is 137 Å². The van der Waals surface area contributed by atoms with Gasteiger partial charge >= 0.3 is 23.9 Å². The molecule has 0 fully saturated rings. The summed E-state index contributed by atoms with van der Waals surface area (Å²) >= 11 is 0. The number of fused-ring (bicyclic) bond motifs is 6. The molecular weight excluding hydrogens is 1250 g/mol. The first kappa shape index (κ1) is 62.2. The largest absolute Gasteiger partial charge is 0.457 e. The lowest BCUT2D eigenvalue weighted by Gasteiger charge is -2.19. The summed E-state index contributed by atoms with van der Waals surface area (Å²) in [4.78, 5) is 72.6. The Balaban J connectivity index is 0.942. The van der Waals surface area contributed by atoms with Gasteiger partial charge in [0.1, 0.15) is 26.4 Å². The van der Waals surface area contributed by atoms with E-state index in [2.05, 4.69) is 12.1 Å². The zero-order chi connectivity index (χ0) is 68.1. The maximum atomic E-state index is 14.1. The van der Waals surface area contributed by atoms with Gasteiger partial charge in [-0.15, -0.1) is 0 Å². The smallest absolute Gasteiger partial charge is 0.338 e. The minimum Gasteiger partial charge on any atom is -0.457 e. The van der Waals surface area contributed by atoms with E-state index in [4.69, 9.17) is 33.9 Å². The number of hydrogen-bond acceptors (Lipinski definition) is 13. The summed E-state index contributed by atoms with van der Waals surface area (Å²) in [5.74, 6) is -1.69. The number of ether oxygens (including phenoxy) is 4. The molecule has 15 nitrogen and oxygen atoms in total. The quantitative estimate of drug-likeness (QED) is 0.0581. The number of benzene rings is 12. The highest BCUT2D eigenvalue weighted by molar-refractivity contribution is 6.15. The third kappa shape index (κ3) is 12.4. The molecule has 0 N–H and O–H groups in total. The third-order valence-electron chi connectivity index (χ3n) is 17.4. The van der Waals surface area contributed by atoms with E-state index in [1.54, 1.807) is 72.8 Å². The second-order valence-corrected chi connectivity index (χ2v) is 23.7. The molecule has 0 saturated heterocycles. The maximum Gasteiger partial charge on any atom is 0.338 e. The van der Waals surface area contributed by atoms with E-state index in [0.717, 1.165) is 22.3 Å². The van der Waals surface area contributed by atoms with Crippen LogP contribution in [0.2, 0.25) is 0 Å². The molecule has 0 spiro atoms. The van der Waals surface area contributed by atoms with Crippen LogP contribution in [-0.2, 0) is 45.4 Å². The molecule has 0 aliphatic heterocycles. The summed E-state index contributed by atoms with van der Waals surface area (Å²) in [6.45, 7) is 0.170. The zero-order valence-electron chi connectivity index (χ0n) is 53.4. The van der Waals surface area contributed by atoms with Crippen LogP contribution in [0.25, 0.3) is 100 Å². The first-order chi connectivity index (χ1) is 49.1. The summed E-state index contributed by atoms with van der Waals surface area (Å²) < 4.78 is 27.5. The van der Waals surface area contributed by atoms with Gasteiger partial charge < -0.3 is 28.1 Å². The van der Waals surface area contributed by atoms with E-state index in [9.17, 15) is 29.7 Å². The number of carbonyl (C=O) groups is 4. The van der Waals surface area contributed by atoms with E-state index in [-0.39, 0.29) is 71.7 Å². The van der Waals surface area contributed by atoms with Crippen LogP contribution in [0.15, 0.2) is 285 Å². The number of nitriles is 2. The molecule has 478 valence electrons. The van der Waals surface area contributed by atoms with Crippen LogP contribution in [0, 0.1) is 22.7 Å². The highest BCUT2D eigenvalue weighted by atomic mass is 16.5. The van der Waals surface area contributed by atoms with Gasteiger partial charge in [0.2, 0.25) is 0 Å². The van der Waals surface area contributed by atoms with Crippen molar-refractivity contribution in [1.82, 2.24) is 24.1 Å². The van der Waals surface area contributed by atoms with Crippen molar-refractivity contribution in [3.63, 3.8) is 0 Å². The third-order valence-corrected chi connectivity index (χ3v) is 17.4. The molecule has 0 unspecified atom stereocenters. The molecule has 0 amide bonds. The molecule has 3 aromatic heterocycles. The lowest BCUT2D eigenvalue weighted by molar-refractivity contribution is 0.0464. The Morgan fingerprint density at radius 1 is 0.320 bits per heavy atom. The van der Waals surface area contributed by atoms with Crippen LogP contribution in [0.4, 0.5) is 0 Å². The van der Waals surface area contributed by atoms with Crippen LogP contribution in [0.1, 0.15) is 74.8 Å². The molecular formula is C85H55N7O8. The van der Waals surface area contributed by atoms with Crippen molar-refractivity contribution < 1.29 is 38.1 Å². The van der Waals surface area contributed by atoms with E-state index < -0.39 is 23.9 Å². The summed E-state index contributed by atoms with van der Waals surface area (Å²) in [6, 6.07) is 91.3. The van der Waals surface area contributed by atoms with Crippen LogP contribution in [0.5, 0.6) is 0 Å². The fourth-order valence-electron chi connectivity index (χ4n) is 12.6. The van der Waals surface area contributed by atoms with E-state index in [1.807, 2.05) is 221 Å². The van der Waals surface area contributed by atoms with Gasteiger partial charge in [0, 0.05) is 27.1 Å². The Kier molecular flexibility index (Phi) is 17.1. The van der Waals surface area contributed by atoms with Crippen molar-refractivity contribution in [3.8, 4) is 68.8 Å². The van der Waals surface area contributed by atoms with Crippen molar-refractivity contribution in [1.29, 1.82) is 10.5 Å². The summed E-state index contributed by atoms with van der Waals surface area (Å²) in [5.41, 5.74) is 11.2. The normalized spacial score (nSPS) is 11.1. The zero-order valence-corrected chi connectivity index (χ0v) is 53.4. The Labute approximate surface area is 573 Å². The molecule has 0 atom stereocenters. The molecule has 12 aromatic carbocycles. The molecule has 15 heteroatoms. The van der Waals surface area contributed by atoms with Gasteiger partial charge in [0.05, 0.1) is 90.1 Å². The number of rotatable bonds is 18. The average Bonchev–Trinajstić information content (AvgIpc) is 1.57. The van der Waals surface area contributed by atoms with E-state index in [1.165, 1.54) is 0 Å². The van der Waals surface area contributed by atoms with Crippen molar-refractivity contribution in [2.45, 2.75) is 26.4 Å². The van der Waals surface area contributed by atoms with Crippen molar-refractivity contribution in [2.75, 3.05) is 0 Å². The van der Waals surface area contributed by atoms with Gasteiger partial charge in [-0.2, -0.15) is 10.5 Å². The Hall–Kier alpha value is -13.9. The van der Waals surface area contributed by atoms with Crippen LogP contribution >= 0.6 is 0 Å². The first-order valence-corrected chi connectivity index (χ1v) is 32.1. The number of nitrogens with zero attached hydrogens (tertiary/aromatic N) is 7. The maximum absolute atomic E-state index is 14.1. The molecule has 0 saturated carbocycles. The van der Waals surface area contributed by atoms with Gasteiger partial charge in [-0.25, -0.2) is 34.1 Å². The molecule has 0 bridgehead atoms. The lowest BCUT2D eigenvalue weighted by Crippen LogP contribution is -2.08. The van der Waals surface area contributed by atoms with E-state index in [0.29, 0.717) is 88.4 Å². The molecule has 15 aromatic rings. The molecule has 0 aliphatic carbocycles. The molecule has 100 heavy (non-hydrogen) atoms. The second kappa shape index (κ2) is 27.4. The Morgan fingerprint density at radius 2 is 0.660 bits per heavy atom. The van der Waals surface area contributed by atoms with Gasteiger partial charge in [-0.3, -0.25) is 0 Å². The number of carbonyl (C=O) groups excluding carboxylic acids is 4. The molecule has 3 heterocycles. The average molecular weight is 1300 g/mol. The first-order valence-electron chi connectivity index (χ1n) is 32.1. The standard InChI is InChI=1S/C85H55N7O8/c86-48-58-27-16-30-60(43-58)66-32-18-34-76(92-73-41-37-63(84(95)99-52-56-23-10-3-11-24-56)46-69(73)70-47-64(38-42-74(70)92)85(96)100-53-57-25-12-4-13-26-57)78(66)81-89-79(59-28-14-5-15-29-59)88-80(90-81)77-65(49-87)31-17-33-75(77)91-71-39-35-61(82(93)97-50-54-19-6-1-7-20-54)44-67(71)68-45-62(36-40-72(68)91)83(94)98-51-55-21-8-2-9-22-55/h1-47H,50-53H2. The number of esters is 4. The Morgan fingerprint density at radius 3 is 1.05 bits per heavy atom. The van der Waals surface area contributed by atoms with E-state index >= 15 is 0 Å². The van der Waals surface area contributed by atoms with Crippen molar-refractivity contribution in [3.05, 3.63) is 341 Å². The summed E-state index contributed by atoms with van der Waals surface area (Å²) in [6.07, 6.45) is 0. The van der Waals surface area contributed by atoms with Gasteiger partial charge in [0.25, 0.3) is 0 Å². The fourth-order valence-corrected chi connectivity index (χ4v) is 12.6. The minimum absolute atomic E-state index is 0.0421. The number of hydrogen-bond donors (Lipinski definition) is 0. The second-order valence-electron chi connectivity index (χ2n) is 23.7. The number of aromatic nitrogens is 5. The van der Waals surface area contributed by atoms with Crippen LogP contribution < -0.4 is 0 Å². The summed E-state index contributed by atoms with van der Waals surface area (Å²) in [7, 11) is 0. The lowest BCUT2D eigenvalue weighted by atomic mass is 9.95. The summed E-state index contributed by atoms with van der Waals surface area (Å²) in [5, 5.41) is 24.3. The topological polar surface area (TPSA) is 201 Å². The van der Waals surface area contributed by atoms with Crippen LogP contribution in [-0.4, -0.2) is 48.0 Å². The van der Waals surface area contributed by atoms with Gasteiger partial charge in [0.15, 0.2) is 17.5 Å². The van der Waals surface area contributed by atoms with Crippen LogP contribution in [0.3, 0.4) is 0 Å². The predicted octanol–water partition coefficient (Wildman–Crippen LogP) is 17.9. The molecule has 15 rings (SSSR count). The van der Waals surface area contributed by atoms with Gasteiger partial charge in [-0.1, -0.05) is 182 Å². The van der Waals surface area contributed by atoms with Crippen molar-refractivity contribution in [2.24, 2.45) is 0 Å². The molecule has 0 aliphatic rings.